The number of aromatic nitrogens is 2. The third kappa shape index (κ3) is 3.95. The monoisotopic (exact) mass is 461 g/mol. The van der Waals surface area contributed by atoms with E-state index >= 15 is 0 Å². The molecule has 4 heterocycles. The average molecular weight is 462 g/mol. The summed E-state index contributed by atoms with van der Waals surface area (Å²) in [4.78, 5) is 27.8. The van der Waals surface area contributed by atoms with Crippen molar-refractivity contribution in [3.63, 3.8) is 0 Å². The molecule has 156 valence electrons. The van der Waals surface area contributed by atoms with Gasteiger partial charge in [-0.2, -0.15) is 0 Å². The third-order valence-electron chi connectivity index (χ3n) is 6.58. The summed E-state index contributed by atoms with van der Waals surface area (Å²) in [5.74, 6) is 1.60. The number of likely N-dealkylation sites (tertiary alicyclic amines) is 1. The second-order valence-corrected chi connectivity index (χ2v) is 9.59. The lowest BCUT2D eigenvalue weighted by atomic mass is 10.0. The number of aryl methyl sites for hydroxylation is 1. The normalized spacial score (nSPS) is 22.8. The minimum atomic E-state index is -0.172. The Morgan fingerprint density at radius 1 is 1.17 bits per heavy atom. The molecule has 2 fully saturated rings. The van der Waals surface area contributed by atoms with Crippen molar-refractivity contribution in [1.29, 1.82) is 0 Å². The van der Waals surface area contributed by atoms with Crippen LogP contribution in [-0.2, 0) is 13.0 Å². The molecular formula is C21H28BrN5O2. The first-order valence-electron chi connectivity index (χ1n) is 10.6. The fourth-order valence-corrected chi connectivity index (χ4v) is 5.25. The number of rotatable bonds is 3. The van der Waals surface area contributed by atoms with E-state index in [4.69, 9.17) is 9.40 Å². The van der Waals surface area contributed by atoms with Gasteiger partial charge in [0.1, 0.15) is 17.1 Å². The van der Waals surface area contributed by atoms with E-state index in [1.54, 1.807) is 0 Å². The van der Waals surface area contributed by atoms with Gasteiger partial charge in [-0.25, -0.2) is 4.98 Å². The van der Waals surface area contributed by atoms with Gasteiger partial charge in [0, 0.05) is 44.2 Å². The maximum Gasteiger partial charge on any atom is 0.294 e. The zero-order valence-corrected chi connectivity index (χ0v) is 18.5. The zero-order valence-electron chi connectivity index (χ0n) is 16.9. The van der Waals surface area contributed by atoms with Gasteiger partial charge in [-0.05, 0) is 50.0 Å². The molecule has 0 spiro atoms. The van der Waals surface area contributed by atoms with E-state index in [2.05, 4.69) is 42.7 Å². The van der Waals surface area contributed by atoms with E-state index in [0.717, 1.165) is 66.7 Å². The van der Waals surface area contributed by atoms with Crippen LogP contribution in [0.3, 0.4) is 0 Å². The van der Waals surface area contributed by atoms with Crippen molar-refractivity contribution in [2.24, 2.45) is 0 Å². The number of allylic oxidation sites excluding steroid dienone is 1. The first-order valence-corrected chi connectivity index (χ1v) is 11.4. The molecule has 29 heavy (non-hydrogen) atoms. The lowest BCUT2D eigenvalue weighted by Gasteiger charge is -2.42. The van der Waals surface area contributed by atoms with E-state index in [-0.39, 0.29) is 5.56 Å². The predicted molar refractivity (Wildman–Crippen MR) is 117 cm³/mol. The molecule has 3 aliphatic rings. The summed E-state index contributed by atoms with van der Waals surface area (Å²) in [6, 6.07) is 0.727. The lowest BCUT2D eigenvalue weighted by molar-refractivity contribution is 0.0609. The summed E-state index contributed by atoms with van der Waals surface area (Å²) in [6.45, 7) is 7.31. The second kappa shape index (κ2) is 7.98. The molecule has 1 N–H and O–H groups in total. The van der Waals surface area contributed by atoms with E-state index in [1.165, 1.54) is 25.9 Å². The van der Waals surface area contributed by atoms with Crippen molar-refractivity contribution in [1.82, 2.24) is 24.7 Å². The summed E-state index contributed by atoms with van der Waals surface area (Å²) in [7, 11) is 2.21. The van der Waals surface area contributed by atoms with Gasteiger partial charge in [0.15, 0.2) is 0 Å². The number of nitrogens with zero attached hydrogens (tertiary/aromatic N) is 4. The first-order chi connectivity index (χ1) is 14.1. The van der Waals surface area contributed by atoms with Crippen LogP contribution in [-0.4, -0.2) is 77.0 Å². The van der Waals surface area contributed by atoms with Crippen LogP contribution in [0.25, 0.3) is 17.2 Å². The Morgan fingerprint density at radius 3 is 2.69 bits per heavy atom. The summed E-state index contributed by atoms with van der Waals surface area (Å²) in [5.41, 5.74) is 1.83. The van der Waals surface area contributed by atoms with Crippen LogP contribution < -0.4 is 5.56 Å². The minimum absolute atomic E-state index is 0.172. The number of piperazine rings is 1. The van der Waals surface area contributed by atoms with Crippen LogP contribution in [0.4, 0.5) is 0 Å². The van der Waals surface area contributed by atoms with Gasteiger partial charge in [-0.15, -0.1) is 0 Å². The molecule has 0 amide bonds. The number of piperidine rings is 1. The van der Waals surface area contributed by atoms with Gasteiger partial charge in [-0.1, -0.05) is 15.9 Å². The number of hydrogen-bond donors (Lipinski definition) is 1. The van der Waals surface area contributed by atoms with E-state index in [0.29, 0.717) is 17.6 Å². The van der Waals surface area contributed by atoms with Gasteiger partial charge in [0.2, 0.25) is 5.58 Å². The number of halogens is 1. The maximum atomic E-state index is 12.6. The number of nitrogens with one attached hydrogen (secondary N) is 1. The molecule has 0 unspecified atom stereocenters. The highest BCUT2D eigenvalue weighted by atomic mass is 79.9. The highest BCUT2D eigenvalue weighted by Crippen LogP contribution is 2.33. The Labute approximate surface area is 178 Å². The molecule has 7 nitrogen and oxygen atoms in total. The molecule has 2 aromatic heterocycles. The maximum absolute atomic E-state index is 12.6. The average Bonchev–Trinajstić information content (AvgIpc) is 3.08. The number of H-pyrrole nitrogens is 1. The summed E-state index contributed by atoms with van der Waals surface area (Å²) < 4.78 is 6.93. The quantitative estimate of drug-likeness (QED) is 0.756. The van der Waals surface area contributed by atoms with Crippen LogP contribution in [0.15, 0.2) is 13.7 Å². The van der Waals surface area contributed by atoms with E-state index in [1.807, 2.05) is 6.08 Å². The fraction of sp³-hybridized carbons (Fsp3) is 0.619. The Balaban J connectivity index is 1.28. The lowest BCUT2D eigenvalue weighted by Crippen LogP contribution is -2.52. The molecule has 2 aliphatic heterocycles. The summed E-state index contributed by atoms with van der Waals surface area (Å²) in [6.07, 6.45) is 6.30. The van der Waals surface area contributed by atoms with Crippen LogP contribution in [0.5, 0.6) is 0 Å². The Morgan fingerprint density at radius 2 is 1.93 bits per heavy atom. The van der Waals surface area contributed by atoms with Crippen molar-refractivity contribution in [3.8, 4) is 0 Å². The van der Waals surface area contributed by atoms with E-state index in [9.17, 15) is 4.79 Å². The van der Waals surface area contributed by atoms with Crippen LogP contribution in [0.2, 0.25) is 0 Å². The van der Waals surface area contributed by atoms with Crippen molar-refractivity contribution in [3.05, 3.63) is 32.0 Å². The number of furan rings is 1. The van der Waals surface area contributed by atoms with Crippen LogP contribution in [0, 0.1) is 0 Å². The molecule has 0 radical (unpaired) electrons. The van der Waals surface area contributed by atoms with Crippen molar-refractivity contribution in [2.45, 2.75) is 38.3 Å². The molecule has 0 aromatic carbocycles. The smallest absolute Gasteiger partial charge is 0.294 e. The Kier molecular flexibility index (Phi) is 5.36. The highest BCUT2D eigenvalue weighted by molar-refractivity contribution is 9.11. The standard InChI is InChI=1S/C21H28BrN5O2/c1-25-6-4-15(5-7-25)27-10-8-26(9-11-27)13-18-23-19-16-12-14(22)2-3-17(16)29-20(19)21(28)24-18/h12,15H,2-11,13H2,1H3,(H,23,24,28). The number of fused-ring (bicyclic) bond motifs is 3. The van der Waals surface area contributed by atoms with Gasteiger partial charge in [0.25, 0.3) is 5.56 Å². The third-order valence-corrected chi connectivity index (χ3v) is 7.21. The molecule has 0 saturated carbocycles. The highest BCUT2D eigenvalue weighted by Gasteiger charge is 2.27. The van der Waals surface area contributed by atoms with Gasteiger partial charge < -0.3 is 14.3 Å². The van der Waals surface area contributed by atoms with Gasteiger partial charge >= 0.3 is 0 Å². The Hall–Kier alpha value is -1.48. The number of hydrogen-bond acceptors (Lipinski definition) is 6. The molecule has 0 atom stereocenters. The SMILES string of the molecule is CN1CCC(N2CCN(Cc3nc4c5c(oc4c(=O)[nH]3)CCC(Br)=C5)CC2)CC1. The zero-order chi connectivity index (χ0) is 20.0. The number of aromatic amines is 1. The van der Waals surface area contributed by atoms with Crippen molar-refractivity contribution >= 4 is 33.1 Å². The van der Waals surface area contributed by atoms with Crippen molar-refractivity contribution in [2.75, 3.05) is 46.3 Å². The molecular weight excluding hydrogens is 434 g/mol. The molecule has 8 heteroatoms. The topological polar surface area (TPSA) is 68.6 Å². The molecule has 2 saturated heterocycles. The molecule has 1 aliphatic carbocycles. The molecule has 0 bridgehead atoms. The Bertz CT molecular complexity index is 981. The second-order valence-electron chi connectivity index (χ2n) is 8.57. The summed E-state index contributed by atoms with van der Waals surface area (Å²) in [5, 5.41) is 0. The molecule has 2 aromatic rings. The molecule has 5 rings (SSSR count). The fourth-order valence-electron chi connectivity index (χ4n) is 4.83. The largest absolute Gasteiger partial charge is 0.453 e. The minimum Gasteiger partial charge on any atom is -0.453 e. The van der Waals surface area contributed by atoms with Crippen LogP contribution >= 0.6 is 15.9 Å². The van der Waals surface area contributed by atoms with E-state index < -0.39 is 0 Å². The summed E-state index contributed by atoms with van der Waals surface area (Å²) >= 11 is 3.58. The van der Waals surface area contributed by atoms with Crippen molar-refractivity contribution < 1.29 is 4.42 Å². The predicted octanol–water partition coefficient (Wildman–Crippen LogP) is 2.41. The first kappa shape index (κ1) is 19.5. The van der Waals surface area contributed by atoms with Gasteiger partial charge in [0.05, 0.1) is 6.54 Å². The van der Waals surface area contributed by atoms with Crippen LogP contribution in [0.1, 0.15) is 36.4 Å². The van der Waals surface area contributed by atoms with Gasteiger partial charge in [-0.3, -0.25) is 14.6 Å².